The molecule has 230 valence electrons. The zero-order chi connectivity index (χ0) is 32.0. The molecule has 0 aliphatic heterocycles. The normalized spacial score (nSPS) is 13.1. The van der Waals surface area contributed by atoms with Gasteiger partial charge in [0.2, 0.25) is 17.7 Å². The molecule has 4 rings (SSSR count). The van der Waals surface area contributed by atoms with Crippen molar-refractivity contribution >= 4 is 28.5 Å². The molecule has 3 aromatic carbocycles. The summed E-state index contributed by atoms with van der Waals surface area (Å²) in [5, 5.41) is 6.01. The van der Waals surface area contributed by atoms with Gasteiger partial charge in [0.15, 0.2) is 0 Å². The molecule has 0 saturated carbocycles. The maximum absolute atomic E-state index is 14.4. The topological polar surface area (TPSA) is 126 Å². The van der Waals surface area contributed by atoms with Crippen LogP contribution in [-0.2, 0) is 22.4 Å². The molecule has 1 aromatic heterocycles. The van der Waals surface area contributed by atoms with E-state index in [9.17, 15) is 14.4 Å². The summed E-state index contributed by atoms with van der Waals surface area (Å²) in [6.45, 7) is 3.58. The molecule has 1 unspecified atom stereocenters. The predicted molar refractivity (Wildman–Crippen MR) is 170 cm³/mol. The molecule has 44 heavy (non-hydrogen) atoms. The van der Waals surface area contributed by atoms with Crippen molar-refractivity contribution in [2.24, 2.45) is 5.73 Å². The molecular weight excluding hydrogens is 556 g/mol. The number of aromatic nitrogens is 2. The van der Waals surface area contributed by atoms with Gasteiger partial charge in [0.1, 0.15) is 12.1 Å². The highest BCUT2D eigenvalue weighted by Crippen LogP contribution is 2.26. The van der Waals surface area contributed by atoms with Gasteiger partial charge in [-0.15, -0.1) is 0 Å². The van der Waals surface area contributed by atoms with Crippen molar-refractivity contribution in [1.82, 2.24) is 24.8 Å². The molecule has 0 saturated heterocycles. The van der Waals surface area contributed by atoms with Crippen molar-refractivity contribution in [1.29, 1.82) is 0 Å². The van der Waals surface area contributed by atoms with Gasteiger partial charge in [0.25, 0.3) is 11.7 Å². The van der Waals surface area contributed by atoms with Crippen LogP contribution in [0.4, 0.5) is 0 Å². The number of hydrogen-bond acceptors (Lipinski definition) is 7. The van der Waals surface area contributed by atoms with Gasteiger partial charge in [-0.05, 0) is 35.7 Å². The second-order valence-electron chi connectivity index (χ2n) is 11.8. The Morgan fingerprint density at radius 3 is 2.18 bits per heavy atom. The molecule has 4 aromatic rings. The zero-order valence-corrected chi connectivity index (χ0v) is 26.1. The molecule has 1 heterocycles. The van der Waals surface area contributed by atoms with E-state index in [0.717, 1.165) is 21.9 Å². The SMILES string of the molecule is CN(C)C(=O)c1noc([C@@H](Cc2ccccc2)N(C)C(=O)C(Cc2ccc3ccccc3c2)N(C)C(=O)/C=C/C(C)(C)N)n1. The second kappa shape index (κ2) is 13.6. The Balaban J connectivity index is 1.72. The molecule has 2 N–H and O–H groups in total. The van der Waals surface area contributed by atoms with Crippen LogP contribution in [0.1, 0.15) is 47.5 Å². The molecule has 0 aliphatic rings. The molecule has 3 amide bonds. The Morgan fingerprint density at radius 2 is 1.52 bits per heavy atom. The lowest BCUT2D eigenvalue weighted by Crippen LogP contribution is -2.50. The lowest BCUT2D eigenvalue weighted by Gasteiger charge is -2.33. The van der Waals surface area contributed by atoms with Crippen LogP contribution in [0.5, 0.6) is 0 Å². The minimum atomic E-state index is -0.872. The van der Waals surface area contributed by atoms with E-state index in [1.807, 2.05) is 72.8 Å². The summed E-state index contributed by atoms with van der Waals surface area (Å²) in [6, 6.07) is 22.0. The van der Waals surface area contributed by atoms with Crippen LogP contribution in [0, 0.1) is 0 Å². The van der Waals surface area contributed by atoms with Crippen LogP contribution in [0.25, 0.3) is 10.8 Å². The highest BCUT2D eigenvalue weighted by atomic mass is 16.5. The fraction of sp³-hybridized carbons (Fsp3) is 0.324. The first-order valence-corrected chi connectivity index (χ1v) is 14.4. The summed E-state index contributed by atoms with van der Waals surface area (Å²) in [6.07, 6.45) is 3.64. The van der Waals surface area contributed by atoms with Crippen molar-refractivity contribution < 1.29 is 18.9 Å². The number of nitrogens with zero attached hydrogens (tertiary/aromatic N) is 5. The first kappa shape index (κ1) is 32.1. The fourth-order valence-corrected chi connectivity index (χ4v) is 4.81. The summed E-state index contributed by atoms with van der Waals surface area (Å²) < 4.78 is 5.56. The number of fused-ring (bicyclic) bond motifs is 1. The number of hydrogen-bond donors (Lipinski definition) is 1. The van der Waals surface area contributed by atoms with E-state index in [0.29, 0.717) is 6.42 Å². The Bertz CT molecular complexity index is 1640. The first-order valence-electron chi connectivity index (χ1n) is 14.4. The van der Waals surface area contributed by atoms with E-state index in [4.69, 9.17) is 10.3 Å². The van der Waals surface area contributed by atoms with Crippen LogP contribution < -0.4 is 5.73 Å². The van der Waals surface area contributed by atoms with Gasteiger partial charge >= 0.3 is 0 Å². The van der Waals surface area contributed by atoms with Gasteiger partial charge < -0.3 is 25.0 Å². The molecular formula is C34H40N6O4. The smallest absolute Gasteiger partial charge is 0.294 e. The number of carbonyl (C=O) groups is 3. The summed E-state index contributed by atoms with van der Waals surface area (Å²) in [7, 11) is 6.46. The maximum Gasteiger partial charge on any atom is 0.294 e. The number of benzene rings is 3. The number of carbonyl (C=O) groups excluding carboxylic acids is 3. The van der Waals surface area contributed by atoms with E-state index in [1.165, 1.54) is 20.8 Å². The van der Waals surface area contributed by atoms with Crippen LogP contribution in [0.15, 0.2) is 89.5 Å². The highest BCUT2D eigenvalue weighted by molar-refractivity contribution is 5.93. The van der Waals surface area contributed by atoms with Crippen molar-refractivity contribution in [3.63, 3.8) is 0 Å². The average molecular weight is 597 g/mol. The maximum atomic E-state index is 14.4. The molecule has 0 aliphatic carbocycles. The van der Waals surface area contributed by atoms with Gasteiger partial charge in [-0.25, -0.2) is 0 Å². The van der Waals surface area contributed by atoms with Gasteiger partial charge in [0.05, 0.1) is 0 Å². The average Bonchev–Trinajstić information content (AvgIpc) is 3.50. The van der Waals surface area contributed by atoms with E-state index >= 15 is 0 Å². The first-order chi connectivity index (χ1) is 20.8. The zero-order valence-electron chi connectivity index (χ0n) is 26.1. The molecule has 10 nitrogen and oxygen atoms in total. The largest absolute Gasteiger partial charge is 0.342 e. The van der Waals surface area contributed by atoms with Crippen molar-refractivity contribution in [2.45, 2.75) is 44.3 Å². The predicted octanol–water partition coefficient (Wildman–Crippen LogP) is 4.03. The third-order valence-electron chi connectivity index (χ3n) is 7.41. The van der Waals surface area contributed by atoms with Gasteiger partial charge in [-0.3, -0.25) is 14.4 Å². The van der Waals surface area contributed by atoms with Crippen LogP contribution in [-0.4, -0.2) is 82.3 Å². The summed E-state index contributed by atoms with van der Waals surface area (Å²) >= 11 is 0. The van der Waals surface area contributed by atoms with Gasteiger partial charge in [0, 0.05) is 52.6 Å². The third kappa shape index (κ3) is 7.96. The molecule has 10 heteroatoms. The lowest BCUT2D eigenvalue weighted by atomic mass is 9.98. The number of likely N-dealkylation sites (N-methyl/N-ethyl adjacent to an activating group) is 2. The summed E-state index contributed by atoms with van der Waals surface area (Å²) in [4.78, 5) is 49.0. The van der Waals surface area contributed by atoms with Crippen molar-refractivity contribution in [3.8, 4) is 0 Å². The van der Waals surface area contributed by atoms with Gasteiger partial charge in [-0.2, -0.15) is 4.98 Å². The Hall–Kier alpha value is -4.83. The fourth-order valence-electron chi connectivity index (χ4n) is 4.81. The second-order valence-corrected chi connectivity index (χ2v) is 11.8. The van der Waals surface area contributed by atoms with E-state index in [-0.39, 0.29) is 30.0 Å². The van der Waals surface area contributed by atoms with Crippen LogP contribution in [0.3, 0.4) is 0 Å². The van der Waals surface area contributed by atoms with Crippen molar-refractivity contribution in [3.05, 3.63) is 108 Å². The van der Waals surface area contributed by atoms with E-state index in [1.54, 1.807) is 48.1 Å². The minimum absolute atomic E-state index is 0.0987. The van der Waals surface area contributed by atoms with E-state index < -0.39 is 23.5 Å². The quantitative estimate of drug-likeness (QED) is 0.259. The molecule has 0 fully saturated rings. The molecule has 0 spiro atoms. The third-order valence-corrected chi connectivity index (χ3v) is 7.41. The Morgan fingerprint density at radius 1 is 0.864 bits per heavy atom. The molecule has 2 atom stereocenters. The number of nitrogens with two attached hydrogens (primary N) is 1. The Labute approximate surface area is 258 Å². The molecule has 0 radical (unpaired) electrons. The summed E-state index contributed by atoms with van der Waals surface area (Å²) in [5.41, 5.74) is 7.21. The van der Waals surface area contributed by atoms with Crippen molar-refractivity contribution in [2.75, 3.05) is 28.2 Å². The van der Waals surface area contributed by atoms with Crippen LogP contribution >= 0.6 is 0 Å². The highest BCUT2D eigenvalue weighted by Gasteiger charge is 2.35. The van der Waals surface area contributed by atoms with Crippen LogP contribution in [0.2, 0.25) is 0 Å². The lowest BCUT2D eigenvalue weighted by molar-refractivity contribution is -0.143. The number of rotatable bonds is 11. The van der Waals surface area contributed by atoms with Gasteiger partial charge in [-0.1, -0.05) is 84.0 Å². The summed E-state index contributed by atoms with van der Waals surface area (Å²) in [5.74, 6) is -1.07. The standard InChI is InChI=1S/C34H40N6O4/c1-34(2,35)19-18-29(41)39(5)28(22-24-16-17-25-14-10-11-15-26(25)20-24)32(42)40(6)27(21-23-12-8-7-9-13-23)31-36-30(37-44-31)33(43)38(3)4/h7-20,27-28H,21-22,35H2,1-6H3/b19-18+/t27-,28?/m1/s1. The minimum Gasteiger partial charge on any atom is -0.342 e. The molecule has 0 bridgehead atoms. The monoisotopic (exact) mass is 596 g/mol. The Kier molecular flexibility index (Phi) is 9.95. The van der Waals surface area contributed by atoms with E-state index in [2.05, 4.69) is 10.1 Å². The number of amides is 3.